The van der Waals surface area contributed by atoms with Crippen LogP contribution in [0.1, 0.15) is 29.2 Å². The minimum absolute atomic E-state index is 0.0703. The number of rotatable bonds is 9. The van der Waals surface area contributed by atoms with E-state index in [4.69, 9.17) is 9.47 Å². The monoisotopic (exact) mass is 561 g/mol. The summed E-state index contributed by atoms with van der Waals surface area (Å²) >= 11 is 3.47. The van der Waals surface area contributed by atoms with Crippen LogP contribution >= 0.6 is 15.9 Å². The number of anilines is 2. The lowest BCUT2D eigenvalue weighted by Crippen LogP contribution is -2.21. The fraction of sp³-hybridized carbons (Fsp3) is 0.207. The van der Waals surface area contributed by atoms with Crippen molar-refractivity contribution in [2.75, 3.05) is 23.8 Å². The van der Waals surface area contributed by atoms with Gasteiger partial charge in [0.1, 0.15) is 11.6 Å². The molecule has 3 rings (SSSR count). The Morgan fingerprint density at radius 3 is 2.38 bits per heavy atom. The molecule has 0 heterocycles. The van der Waals surface area contributed by atoms with E-state index in [1.165, 1.54) is 6.08 Å². The van der Waals surface area contributed by atoms with Crippen LogP contribution in [-0.4, -0.2) is 25.0 Å². The van der Waals surface area contributed by atoms with Gasteiger partial charge in [0.25, 0.3) is 11.8 Å². The molecule has 0 fully saturated rings. The van der Waals surface area contributed by atoms with Gasteiger partial charge in [-0.2, -0.15) is 5.26 Å². The fourth-order valence-electron chi connectivity index (χ4n) is 3.57. The van der Waals surface area contributed by atoms with Gasteiger partial charge in [0.2, 0.25) is 0 Å². The van der Waals surface area contributed by atoms with E-state index in [0.29, 0.717) is 33.8 Å². The highest BCUT2D eigenvalue weighted by atomic mass is 79.9. The second kappa shape index (κ2) is 12.7. The molecule has 0 aliphatic rings. The highest BCUT2D eigenvalue weighted by molar-refractivity contribution is 9.10. The Morgan fingerprint density at radius 2 is 1.70 bits per heavy atom. The lowest BCUT2D eigenvalue weighted by Gasteiger charge is -2.15. The van der Waals surface area contributed by atoms with Crippen molar-refractivity contribution in [3.63, 3.8) is 0 Å². The third kappa shape index (κ3) is 7.45. The average Bonchev–Trinajstić information content (AvgIpc) is 2.85. The van der Waals surface area contributed by atoms with Crippen molar-refractivity contribution >= 4 is 45.2 Å². The normalized spacial score (nSPS) is 10.9. The molecule has 0 bridgehead atoms. The number of ether oxygens (including phenoxy) is 2. The first-order valence-corrected chi connectivity index (χ1v) is 12.5. The van der Waals surface area contributed by atoms with Crippen molar-refractivity contribution in [3.8, 4) is 17.6 Å². The van der Waals surface area contributed by atoms with Gasteiger partial charge >= 0.3 is 0 Å². The first-order chi connectivity index (χ1) is 17.7. The van der Waals surface area contributed by atoms with Gasteiger partial charge in [-0.1, -0.05) is 35.9 Å². The molecule has 2 N–H and O–H groups in total. The SMILES string of the molecule is CCOc1cc(/C=C(/C#N)C(=O)Nc2ccccc2C)cc(Br)c1OCC(=O)Nc1ccc(C)cc1C. The molecule has 2 amide bonds. The molecule has 0 saturated carbocycles. The first-order valence-electron chi connectivity index (χ1n) is 11.7. The standard InChI is InChI=1S/C29H28BrN3O4/c1-5-36-26-15-21(13-22(16-31)29(35)33-24-9-7-6-8-19(24)3)14-23(30)28(26)37-17-27(34)32-25-11-10-18(2)12-20(25)4/h6-15H,5,17H2,1-4H3,(H,32,34)(H,33,35)/b22-13-. The smallest absolute Gasteiger partial charge is 0.266 e. The number of halogens is 1. The summed E-state index contributed by atoms with van der Waals surface area (Å²) in [6.07, 6.45) is 1.47. The second-order valence-corrected chi connectivity index (χ2v) is 9.21. The number of amides is 2. The van der Waals surface area contributed by atoms with E-state index in [-0.39, 0.29) is 18.1 Å². The highest BCUT2D eigenvalue weighted by Crippen LogP contribution is 2.37. The number of carbonyl (C=O) groups excluding carboxylic acids is 2. The van der Waals surface area contributed by atoms with Gasteiger partial charge in [0.15, 0.2) is 18.1 Å². The molecular formula is C29H28BrN3O4. The number of hydrogen-bond donors (Lipinski definition) is 2. The van der Waals surface area contributed by atoms with E-state index in [9.17, 15) is 14.9 Å². The fourth-order valence-corrected chi connectivity index (χ4v) is 4.14. The third-order valence-electron chi connectivity index (χ3n) is 5.40. The quantitative estimate of drug-likeness (QED) is 0.234. The molecule has 3 aromatic rings. The molecule has 7 nitrogen and oxygen atoms in total. The van der Waals surface area contributed by atoms with Crippen molar-refractivity contribution in [1.29, 1.82) is 5.26 Å². The largest absolute Gasteiger partial charge is 0.490 e. The summed E-state index contributed by atoms with van der Waals surface area (Å²) in [6, 6.07) is 18.4. The summed E-state index contributed by atoms with van der Waals surface area (Å²) < 4.78 is 12.0. The van der Waals surface area contributed by atoms with Crippen LogP contribution in [0, 0.1) is 32.1 Å². The molecule has 0 atom stereocenters. The van der Waals surface area contributed by atoms with Gasteiger partial charge in [-0.15, -0.1) is 0 Å². The van der Waals surface area contributed by atoms with Crippen LogP contribution in [0.2, 0.25) is 0 Å². The Bertz CT molecular complexity index is 1390. The van der Waals surface area contributed by atoms with Gasteiger partial charge in [-0.05, 0) is 90.7 Å². The number of hydrogen-bond acceptors (Lipinski definition) is 5. The maximum Gasteiger partial charge on any atom is 0.266 e. The predicted molar refractivity (Wildman–Crippen MR) is 149 cm³/mol. The zero-order valence-electron chi connectivity index (χ0n) is 21.1. The number of para-hydroxylation sites is 1. The summed E-state index contributed by atoms with van der Waals surface area (Å²) in [5.74, 6) is -0.115. The summed E-state index contributed by atoms with van der Waals surface area (Å²) in [7, 11) is 0. The molecular weight excluding hydrogens is 534 g/mol. The van der Waals surface area contributed by atoms with E-state index >= 15 is 0 Å². The van der Waals surface area contributed by atoms with Crippen molar-refractivity contribution in [2.45, 2.75) is 27.7 Å². The van der Waals surface area contributed by atoms with Crippen LogP contribution in [0.5, 0.6) is 11.5 Å². The van der Waals surface area contributed by atoms with E-state index in [1.54, 1.807) is 18.2 Å². The number of nitriles is 1. The van der Waals surface area contributed by atoms with Gasteiger partial charge in [-0.25, -0.2) is 0 Å². The zero-order chi connectivity index (χ0) is 26.9. The van der Waals surface area contributed by atoms with Crippen molar-refractivity contribution in [2.24, 2.45) is 0 Å². The lowest BCUT2D eigenvalue weighted by atomic mass is 10.1. The Kier molecular flexibility index (Phi) is 9.47. The van der Waals surface area contributed by atoms with Gasteiger partial charge in [0, 0.05) is 11.4 Å². The molecule has 0 aromatic heterocycles. The van der Waals surface area contributed by atoms with Crippen molar-refractivity contribution in [1.82, 2.24) is 0 Å². The number of nitrogens with one attached hydrogen (secondary N) is 2. The zero-order valence-corrected chi connectivity index (χ0v) is 22.7. The Hall–Kier alpha value is -4.09. The predicted octanol–water partition coefficient (Wildman–Crippen LogP) is 6.34. The third-order valence-corrected chi connectivity index (χ3v) is 5.99. The number of benzene rings is 3. The van der Waals surface area contributed by atoms with Gasteiger partial charge in [-0.3, -0.25) is 9.59 Å². The summed E-state index contributed by atoms with van der Waals surface area (Å²) in [4.78, 5) is 25.2. The first kappa shape index (κ1) is 27.5. The Labute approximate surface area is 225 Å². The van der Waals surface area contributed by atoms with Crippen LogP contribution in [0.25, 0.3) is 6.08 Å². The molecule has 8 heteroatoms. The topological polar surface area (TPSA) is 100 Å². The Balaban J connectivity index is 1.78. The van der Waals surface area contributed by atoms with E-state index in [1.807, 2.05) is 70.2 Å². The maximum atomic E-state index is 12.7. The van der Waals surface area contributed by atoms with Crippen LogP contribution in [0.4, 0.5) is 11.4 Å². The van der Waals surface area contributed by atoms with Gasteiger partial charge in [0.05, 0.1) is 11.1 Å². The molecule has 37 heavy (non-hydrogen) atoms. The number of nitrogens with zero attached hydrogens (tertiary/aromatic N) is 1. The Morgan fingerprint density at radius 1 is 0.973 bits per heavy atom. The minimum Gasteiger partial charge on any atom is -0.490 e. The average molecular weight is 562 g/mol. The summed E-state index contributed by atoms with van der Waals surface area (Å²) in [5, 5.41) is 15.2. The van der Waals surface area contributed by atoms with E-state index < -0.39 is 5.91 Å². The van der Waals surface area contributed by atoms with E-state index in [2.05, 4.69) is 26.6 Å². The molecule has 0 spiro atoms. The van der Waals surface area contributed by atoms with Crippen molar-refractivity contribution in [3.05, 3.63) is 86.9 Å². The second-order valence-electron chi connectivity index (χ2n) is 8.36. The van der Waals surface area contributed by atoms with Crippen LogP contribution in [0.3, 0.4) is 0 Å². The molecule has 3 aromatic carbocycles. The summed E-state index contributed by atoms with van der Waals surface area (Å²) in [5.41, 5.74) is 4.79. The number of carbonyl (C=O) groups is 2. The minimum atomic E-state index is -0.519. The van der Waals surface area contributed by atoms with Gasteiger partial charge < -0.3 is 20.1 Å². The molecule has 0 aliphatic heterocycles. The number of aryl methyl sites for hydroxylation is 3. The lowest BCUT2D eigenvalue weighted by molar-refractivity contribution is -0.118. The molecule has 0 radical (unpaired) electrons. The summed E-state index contributed by atoms with van der Waals surface area (Å²) in [6.45, 7) is 7.73. The van der Waals surface area contributed by atoms with Crippen molar-refractivity contribution < 1.29 is 19.1 Å². The van der Waals surface area contributed by atoms with E-state index in [0.717, 1.165) is 22.4 Å². The van der Waals surface area contributed by atoms with Crippen LogP contribution in [-0.2, 0) is 9.59 Å². The molecule has 0 unspecified atom stereocenters. The highest BCUT2D eigenvalue weighted by Gasteiger charge is 2.16. The molecule has 0 aliphatic carbocycles. The van der Waals surface area contributed by atoms with Crippen LogP contribution < -0.4 is 20.1 Å². The maximum absolute atomic E-state index is 12.7. The molecule has 190 valence electrons. The molecule has 0 saturated heterocycles. The van der Waals surface area contributed by atoms with Crippen LogP contribution in [0.15, 0.2) is 64.6 Å².